The highest BCUT2D eigenvalue weighted by Gasteiger charge is 2.24. The number of rotatable bonds is 3. The van der Waals surface area contributed by atoms with E-state index in [4.69, 9.17) is 5.26 Å². The van der Waals surface area contributed by atoms with Gasteiger partial charge in [-0.2, -0.15) is 5.26 Å². The van der Waals surface area contributed by atoms with Crippen LogP contribution in [0.5, 0.6) is 0 Å². The first-order valence-electron chi connectivity index (χ1n) is 10.3. The average molecular weight is 390 g/mol. The lowest BCUT2D eigenvalue weighted by molar-refractivity contribution is 0.0746. The van der Waals surface area contributed by atoms with Crippen LogP contribution in [-0.4, -0.2) is 59.8 Å². The molecule has 0 N–H and O–H groups in total. The lowest BCUT2D eigenvalue weighted by Crippen LogP contribution is -2.49. The molecule has 2 saturated heterocycles. The van der Waals surface area contributed by atoms with Gasteiger partial charge >= 0.3 is 0 Å². The molecular weight excluding hydrogens is 364 g/mol. The topological polar surface area (TPSA) is 76.4 Å². The van der Waals surface area contributed by atoms with Crippen LogP contribution < -0.4 is 9.80 Å². The monoisotopic (exact) mass is 390 g/mol. The van der Waals surface area contributed by atoms with E-state index in [1.165, 1.54) is 19.3 Å². The zero-order valence-corrected chi connectivity index (χ0v) is 16.8. The minimum absolute atomic E-state index is 0.00894. The first kappa shape index (κ1) is 19.2. The van der Waals surface area contributed by atoms with Crippen molar-refractivity contribution in [3.8, 4) is 6.07 Å². The molecule has 1 aromatic carbocycles. The van der Waals surface area contributed by atoms with Gasteiger partial charge < -0.3 is 14.7 Å². The molecule has 1 atom stereocenters. The van der Waals surface area contributed by atoms with Crippen LogP contribution in [0, 0.1) is 11.3 Å². The smallest absolute Gasteiger partial charge is 0.253 e. The second-order valence-corrected chi connectivity index (χ2v) is 7.76. The summed E-state index contributed by atoms with van der Waals surface area (Å²) in [6.07, 6.45) is 3.70. The molecule has 3 heterocycles. The molecule has 7 heteroatoms. The number of anilines is 2. The normalized spacial score (nSPS) is 19.7. The van der Waals surface area contributed by atoms with Crippen LogP contribution in [0.1, 0.15) is 42.1 Å². The van der Waals surface area contributed by atoms with Crippen molar-refractivity contribution < 1.29 is 4.79 Å². The molecule has 1 unspecified atom stereocenters. The van der Waals surface area contributed by atoms with Crippen LogP contribution >= 0.6 is 0 Å². The van der Waals surface area contributed by atoms with Crippen LogP contribution in [0.3, 0.4) is 0 Å². The van der Waals surface area contributed by atoms with Crippen LogP contribution in [0.4, 0.5) is 11.6 Å². The number of nitriles is 1. The van der Waals surface area contributed by atoms with E-state index in [-0.39, 0.29) is 5.91 Å². The minimum Gasteiger partial charge on any atom is -0.352 e. The number of nitrogens with zero attached hydrogens (tertiary/aromatic N) is 6. The number of piperidine rings is 1. The lowest BCUT2D eigenvalue weighted by Gasteiger charge is -2.36. The summed E-state index contributed by atoms with van der Waals surface area (Å²) in [5.41, 5.74) is 1.18. The molecule has 2 fully saturated rings. The molecule has 4 rings (SSSR count). The quantitative estimate of drug-likeness (QED) is 0.802. The number of benzene rings is 1. The predicted octanol–water partition coefficient (Wildman–Crippen LogP) is 2.69. The Bertz CT molecular complexity index is 881. The first-order chi connectivity index (χ1) is 14.2. The largest absolute Gasteiger partial charge is 0.352 e. The van der Waals surface area contributed by atoms with Gasteiger partial charge in [0.1, 0.15) is 0 Å². The van der Waals surface area contributed by atoms with E-state index < -0.39 is 0 Å². The molecule has 7 nitrogen and oxygen atoms in total. The van der Waals surface area contributed by atoms with Gasteiger partial charge in [0.05, 0.1) is 11.6 Å². The summed E-state index contributed by atoms with van der Waals surface area (Å²) in [5, 5.41) is 17.8. The zero-order chi connectivity index (χ0) is 20.2. The van der Waals surface area contributed by atoms with E-state index in [1.54, 1.807) is 24.3 Å². The summed E-state index contributed by atoms with van der Waals surface area (Å²) in [5.74, 6) is 1.83. The molecule has 150 valence electrons. The van der Waals surface area contributed by atoms with Gasteiger partial charge in [0.2, 0.25) is 0 Å². The fourth-order valence-electron chi connectivity index (χ4n) is 4.09. The van der Waals surface area contributed by atoms with E-state index in [0.29, 0.717) is 30.3 Å². The summed E-state index contributed by atoms with van der Waals surface area (Å²) in [6.45, 7) is 6.05. The van der Waals surface area contributed by atoms with Crippen molar-refractivity contribution in [2.24, 2.45) is 0 Å². The Balaban J connectivity index is 1.35. The van der Waals surface area contributed by atoms with E-state index in [9.17, 15) is 4.79 Å². The number of carbonyl (C=O) groups is 1. The van der Waals surface area contributed by atoms with Gasteiger partial charge in [-0.05, 0) is 62.6 Å². The van der Waals surface area contributed by atoms with Crippen LogP contribution in [-0.2, 0) is 0 Å². The van der Waals surface area contributed by atoms with Crippen LogP contribution in [0.15, 0.2) is 36.4 Å². The van der Waals surface area contributed by atoms with E-state index >= 15 is 0 Å². The molecule has 2 aliphatic rings. The number of amides is 1. The predicted molar refractivity (Wildman–Crippen MR) is 112 cm³/mol. The number of piperazine rings is 1. The van der Waals surface area contributed by atoms with Crippen molar-refractivity contribution in [1.82, 2.24) is 15.1 Å². The third-order valence-electron chi connectivity index (χ3n) is 5.89. The molecule has 0 bridgehead atoms. The molecule has 0 saturated carbocycles. The Morgan fingerprint density at radius 2 is 1.66 bits per heavy atom. The van der Waals surface area contributed by atoms with Crippen molar-refractivity contribution in [2.75, 3.05) is 42.5 Å². The van der Waals surface area contributed by atoms with Crippen molar-refractivity contribution in [3.63, 3.8) is 0 Å². The summed E-state index contributed by atoms with van der Waals surface area (Å²) >= 11 is 0. The van der Waals surface area contributed by atoms with Gasteiger partial charge in [0.15, 0.2) is 11.6 Å². The second kappa shape index (κ2) is 8.48. The molecule has 0 spiro atoms. The third kappa shape index (κ3) is 4.16. The van der Waals surface area contributed by atoms with Gasteiger partial charge in [0.25, 0.3) is 5.91 Å². The Kier molecular flexibility index (Phi) is 5.61. The summed E-state index contributed by atoms with van der Waals surface area (Å²) in [4.78, 5) is 19.1. The van der Waals surface area contributed by atoms with Crippen molar-refractivity contribution in [3.05, 3.63) is 47.5 Å². The zero-order valence-electron chi connectivity index (χ0n) is 16.8. The fourth-order valence-corrected chi connectivity index (χ4v) is 4.09. The van der Waals surface area contributed by atoms with Gasteiger partial charge in [-0.3, -0.25) is 4.79 Å². The summed E-state index contributed by atoms with van der Waals surface area (Å²) in [7, 11) is 0. The lowest BCUT2D eigenvalue weighted by atomic mass is 10.0. The van der Waals surface area contributed by atoms with Crippen LogP contribution in [0.25, 0.3) is 0 Å². The van der Waals surface area contributed by atoms with E-state index in [1.807, 2.05) is 11.0 Å². The third-order valence-corrected chi connectivity index (χ3v) is 5.89. The van der Waals surface area contributed by atoms with Gasteiger partial charge in [-0.25, -0.2) is 0 Å². The van der Waals surface area contributed by atoms with E-state index in [0.717, 1.165) is 31.3 Å². The van der Waals surface area contributed by atoms with Crippen molar-refractivity contribution >= 4 is 17.5 Å². The number of aromatic nitrogens is 2. The molecule has 0 aliphatic carbocycles. The van der Waals surface area contributed by atoms with Gasteiger partial charge in [-0.15, -0.1) is 10.2 Å². The Hall–Kier alpha value is -3.14. The number of hydrogen-bond acceptors (Lipinski definition) is 6. The molecule has 2 aromatic rings. The first-order valence-corrected chi connectivity index (χ1v) is 10.3. The fraction of sp³-hybridized carbons (Fsp3) is 0.455. The highest BCUT2D eigenvalue weighted by Crippen LogP contribution is 2.24. The Labute approximate surface area is 171 Å². The standard InChI is InChI=1S/C22H26N6O/c1-17-4-2-3-11-28(17)21-10-9-20(24-25-21)26-12-14-27(15-13-26)22(29)19-7-5-18(16-23)6-8-19/h5-10,17H,2-4,11-15H2,1H3. The van der Waals surface area contributed by atoms with Gasteiger partial charge in [-0.1, -0.05) is 0 Å². The Morgan fingerprint density at radius 3 is 2.28 bits per heavy atom. The highest BCUT2D eigenvalue weighted by molar-refractivity contribution is 5.94. The second-order valence-electron chi connectivity index (χ2n) is 7.76. The maximum absolute atomic E-state index is 12.7. The molecule has 1 aromatic heterocycles. The number of hydrogen-bond donors (Lipinski definition) is 0. The van der Waals surface area contributed by atoms with Crippen molar-refractivity contribution in [1.29, 1.82) is 5.26 Å². The molecule has 2 aliphatic heterocycles. The molecule has 1 amide bonds. The van der Waals surface area contributed by atoms with Crippen molar-refractivity contribution in [2.45, 2.75) is 32.2 Å². The maximum Gasteiger partial charge on any atom is 0.253 e. The molecular formula is C22H26N6O. The van der Waals surface area contributed by atoms with E-state index in [2.05, 4.69) is 39.1 Å². The number of carbonyl (C=O) groups excluding carboxylic acids is 1. The average Bonchev–Trinajstić information content (AvgIpc) is 2.79. The maximum atomic E-state index is 12.7. The Morgan fingerprint density at radius 1 is 0.966 bits per heavy atom. The SMILES string of the molecule is CC1CCCCN1c1ccc(N2CCN(C(=O)c3ccc(C#N)cc3)CC2)nn1. The minimum atomic E-state index is 0.00894. The van der Waals surface area contributed by atoms with Gasteiger partial charge in [0, 0.05) is 44.3 Å². The molecule has 0 radical (unpaired) electrons. The molecule has 29 heavy (non-hydrogen) atoms. The van der Waals surface area contributed by atoms with Crippen LogP contribution in [0.2, 0.25) is 0 Å². The summed E-state index contributed by atoms with van der Waals surface area (Å²) < 4.78 is 0. The summed E-state index contributed by atoms with van der Waals surface area (Å²) in [6, 6.07) is 13.5. The highest BCUT2D eigenvalue weighted by atomic mass is 16.2.